The summed E-state index contributed by atoms with van der Waals surface area (Å²) in [5.74, 6) is 12.6. The maximum absolute atomic E-state index is 3.96. The largest absolute Gasteiger partial charge is 0.265 e. The van der Waals surface area contributed by atoms with Crippen LogP contribution in [0.2, 0.25) is 0 Å². The molecule has 2 aromatic heterocycles. The fraction of sp³-hybridized carbons (Fsp3) is 0.222. The molecule has 0 aliphatic rings. The second-order valence-corrected chi connectivity index (χ2v) is 4.28. The molecule has 0 unspecified atom stereocenters. The van der Waals surface area contributed by atoms with Gasteiger partial charge in [-0.2, -0.15) is 0 Å². The van der Waals surface area contributed by atoms with Crippen LogP contribution in [-0.2, 0) is 0 Å². The van der Waals surface area contributed by atoms with E-state index in [0.29, 0.717) is 0 Å². The fourth-order valence-electron chi connectivity index (χ4n) is 1.63. The van der Waals surface area contributed by atoms with Gasteiger partial charge in [-0.15, -0.1) is 0 Å². The molecule has 0 N–H and O–H groups in total. The van der Waals surface area contributed by atoms with Crippen LogP contribution in [0, 0.1) is 23.7 Å². The molecule has 0 bridgehead atoms. The molecule has 0 saturated carbocycles. The number of nitrogens with zero attached hydrogens (tertiary/aromatic N) is 2. The van der Waals surface area contributed by atoms with Crippen LogP contribution in [0.15, 0.2) is 49.1 Å². The highest BCUT2D eigenvalue weighted by Gasteiger charge is 1.86. The molecule has 2 nitrogen and oxygen atoms in total. The molecule has 0 aliphatic carbocycles. The SMILES string of the molecule is C(#Cc1ccncc1)CCCCC#Cc1ccncc1. The quantitative estimate of drug-likeness (QED) is 0.624. The van der Waals surface area contributed by atoms with Crippen LogP contribution in [0.5, 0.6) is 0 Å². The molecule has 0 radical (unpaired) electrons. The average Bonchev–Trinajstić information content (AvgIpc) is 2.52. The van der Waals surface area contributed by atoms with E-state index in [0.717, 1.165) is 36.8 Å². The van der Waals surface area contributed by atoms with E-state index in [9.17, 15) is 0 Å². The van der Waals surface area contributed by atoms with Gasteiger partial charge in [-0.3, -0.25) is 9.97 Å². The van der Waals surface area contributed by atoms with Gasteiger partial charge in [0.1, 0.15) is 0 Å². The summed E-state index contributed by atoms with van der Waals surface area (Å²) in [6.07, 6.45) is 11.1. The lowest BCUT2D eigenvalue weighted by Gasteiger charge is -1.90. The summed E-state index contributed by atoms with van der Waals surface area (Å²) in [6.45, 7) is 0. The van der Waals surface area contributed by atoms with E-state index < -0.39 is 0 Å². The third kappa shape index (κ3) is 5.38. The van der Waals surface area contributed by atoms with Crippen LogP contribution in [0.1, 0.15) is 36.8 Å². The third-order valence-electron chi connectivity index (χ3n) is 2.68. The molecule has 0 aliphatic heterocycles. The standard InChI is InChI=1S/C18H16N2/c1(3-5-7-17-9-13-19-14-10-17)2-4-6-8-18-11-15-20-16-12-18/h9-16H,1-4H2. The van der Waals surface area contributed by atoms with Crippen LogP contribution in [-0.4, -0.2) is 9.97 Å². The lowest BCUT2D eigenvalue weighted by molar-refractivity contribution is 0.782. The first-order valence-corrected chi connectivity index (χ1v) is 6.73. The molecular formula is C18H16N2. The highest BCUT2D eigenvalue weighted by molar-refractivity contribution is 5.32. The lowest BCUT2D eigenvalue weighted by Crippen LogP contribution is -1.77. The van der Waals surface area contributed by atoms with Gasteiger partial charge in [0.25, 0.3) is 0 Å². The van der Waals surface area contributed by atoms with Gasteiger partial charge in [0.2, 0.25) is 0 Å². The van der Waals surface area contributed by atoms with Gasteiger partial charge in [0, 0.05) is 48.8 Å². The fourth-order valence-corrected chi connectivity index (χ4v) is 1.63. The van der Waals surface area contributed by atoms with Crippen LogP contribution in [0.25, 0.3) is 0 Å². The summed E-state index contributed by atoms with van der Waals surface area (Å²) in [6, 6.07) is 7.70. The number of rotatable bonds is 3. The van der Waals surface area contributed by atoms with E-state index in [-0.39, 0.29) is 0 Å². The van der Waals surface area contributed by atoms with Gasteiger partial charge in [0.05, 0.1) is 0 Å². The van der Waals surface area contributed by atoms with Crippen LogP contribution < -0.4 is 0 Å². The monoisotopic (exact) mass is 260 g/mol. The minimum atomic E-state index is 0.916. The van der Waals surface area contributed by atoms with E-state index in [4.69, 9.17) is 0 Å². The maximum atomic E-state index is 3.96. The number of pyridine rings is 2. The van der Waals surface area contributed by atoms with E-state index in [1.807, 2.05) is 24.3 Å². The zero-order valence-electron chi connectivity index (χ0n) is 11.3. The van der Waals surface area contributed by atoms with Crippen molar-refractivity contribution in [1.82, 2.24) is 9.97 Å². The lowest BCUT2D eigenvalue weighted by atomic mass is 10.2. The predicted molar refractivity (Wildman–Crippen MR) is 80.7 cm³/mol. The zero-order chi connectivity index (χ0) is 13.9. The van der Waals surface area contributed by atoms with Crippen molar-refractivity contribution in [2.24, 2.45) is 0 Å². The zero-order valence-corrected chi connectivity index (χ0v) is 11.3. The second kappa shape index (κ2) is 8.51. The van der Waals surface area contributed by atoms with Gasteiger partial charge in [0.15, 0.2) is 0 Å². The molecule has 2 aromatic rings. The molecule has 2 heteroatoms. The van der Waals surface area contributed by atoms with Crippen molar-refractivity contribution in [3.63, 3.8) is 0 Å². The Bertz CT molecular complexity index is 566. The number of hydrogen-bond donors (Lipinski definition) is 0. The number of aromatic nitrogens is 2. The number of unbranched alkanes of at least 4 members (excludes halogenated alkanes) is 3. The summed E-state index contributed by atoms with van der Waals surface area (Å²) in [7, 11) is 0. The summed E-state index contributed by atoms with van der Waals surface area (Å²) >= 11 is 0. The van der Waals surface area contributed by atoms with Gasteiger partial charge < -0.3 is 0 Å². The molecule has 20 heavy (non-hydrogen) atoms. The van der Waals surface area contributed by atoms with Gasteiger partial charge in [-0.25, -0.2) is 0 Å². The first kappa shape index (κ1) is 13.8. The summed E-state index contributed by atoms with van der Waals surface area (Å²) < 4.78 is 0. The van der Waals surface area contributed by atoms with Crippen LogP contribution >= 0.6 is 0 Å². The predicted octanol–water partition coefficient (Wildman–Crippen LogP) is 3.44. The second-order valence-electron chi connectivity index (χ2n) is 4.28. The van der Waals surface area contributed by atoms with Crippen molar-refractivity contribution < 1.29 is 0 Å². The molecule has 0 spiro atoms. The van der Waals surface area contributed by atoms with Crippen molar-refractivity contribution in [2.75, 3.05) is 0 Å². The maximum Gasteiger partial charge on any atom is 0.0280 e. The Morgan fingerprint density at radius 3 is 1.45 bits per heavy atom. The summed E-state index contributed by atoms with van der Waals surface area (Å²) in [5.41, 5.74) is 2.05. The molecule has 0 saturated heterocycles. The van der Waals surface area contributed by atoms with Gasteiger partial charge >= 0.3 is 0 Å². The molecule has 0 atom stereocenters. The molecule has 2 rings (SSSR count). The molecular weight excluding hydrogens is 244 g/mol. The minimum Gasteiger partial charge on any atom is -0.265 e. The molecule has 0 amide bonds. The normalized spacial score (nSPS) is 9.00. The summed E-state index contributed by atoms with van der Waals surface area (Å²) in [4.78, 5) is 7.92. The molecule has 2 heterocycles. The van der Waals surface area contributed by atoms with E-state index in [1.165, 1.54) is 0 Å². The summed E-state index contributed by atoms with van der Waals surface area (Å²) in [5, 5.41) is 0. The highest BCUT2D eigenvalue weighted by atomic mass is 14.6. The topological polar surface area (TPSA) is 25.8 Å². The Labute approximate surface area is 120 Å². The number of hydrogen-bond acceptors (Lipinski definition) is 2. The molecule has 0 aromatic carbocycles. The Kier molecular flexibility index (Phi) is 5.89. The average molecular weight is 260 g/mol. The smallest absolute Gasteiger partial charge is 0.0280 e. The Hall–Kier alpha value is -2.58. The molecule has 98 valence electrons. The highest BCUT2D eigenvalue weighted by Crippen LogP contribution is 2.00. The first-order chi connectivity index (χ1) is 9.95. The van der Waals surface area contributed by atoms with Crippen molar-refractivity contribution >= 4 is 0 Å². The van der Waals surface area contributed by atoms with Gasteiger partial charge in [-0.1, -0.05) is 23.7 Å². The van der Waals surface area contributed by atoms with E-state index >= 15 is 0 Å². The minimum absolute atomic E-state index is 0.916. The molecule has 0 fully saturated rings. The Balaban J connectivity index is 1.63. The van der Waals surface area contributed by atoms with Crippen LogP contribution in [0.3, 0.4) is 0 Å². The van der Waals surface area contributed by atoms with Gasteiger partial charge in [-0.05, 0) is 37.1 Å². The van der Waals surface area contributed by atoms with E-state index in [1.54, 1.807) is 24.8 Å². The van der Waals surface area contributed by atoms with Crippen molar-refractivity contribution in [3.8, 4) is 23.7 Å². The first-order valence-electron chi connectivity index (χ1n) is 6.73. The van der Waals surface area contributed by atoms with Crippen molar-refractivity contribution in [1.29, 1.82) is 0 Å². The van der Waals surface area contributed by atoms with Crippen LogP contribution in [0.4, 0.5) is 0 Å². The Morgan fingerprint density at radius 2 is 1.05 bits per heavy atom. The Morgan fingerprint density at radius 1 is 0.650 bits per heavy atom. The van der Waals surface area contributed by atoms with Crippen molar-refractivity contribution in [2.45, 2.75) is 25.7 Å². The van der Waals surface area contributed by atoms with Crippen molar-refractivity contribution in [3.05, 3.63) is 60.2 Å². The third-order valence-corrected chi connectivity index (χ3v) is 2.68. The van der Waals surface area contributed by atoms with E-state index in [2.05, 4.69) is 33.6 Å².